The third-order valence-corrected chi connectivity index (χ3v) is 1.83. The largest absolute Gasteiger partial charge is 0.487 e. The van der Waals surface area contributed by atoms with Crippen LogP contribution in [0.15, 0.2) is 11.8 Å². The minimum atomic E-state index is -0.963. The van der Waals surface area contributed by atoms with E-state index in [4.69, 9.17) is 9.84 Å². The van der Waals surface area contributed by atoms with Gasteiger partial charge < -0.3 is 9.84 Å². The first-order chi connectivity index (χ1) is 6.72. The van der Waals surface area contributed by atoms with Crippen LogP contribution < -0.4 is 0 Å². The van der Waals surface area contributed by atoms with Gasteiger partial charge in [-0.15, -0.1) is 0 Å². The van der Waals surface area contributed by atoms with Crippen molar-refractivity contribution in [1.29, 1.82) is 0 Å². The summed E-state index contributed by atoms with van der Waals surface area (Å²) in [5.41, 5.74) is 0. The van der Waals surface area contributed by atoms with Gasteiger partial charge in [0, 0.05) is 0 Å². The van der Waals surface area contributed by atoms with Gasteiger partial charge in [-0.3, -0.25) is 0 Å². The molecule has 0 rings (SSSR count). The second-order valence-electron chi connectivity index (χ2n) is 3.22. The van der Waals surface area contributed by atoms with Gasteiger partial charge in [-0.05, 0) is 18.9 Å². The summed E-state index contributed by atoms with van der Waals surface area (Å²) in [6, 6.07) is 0. The van der Waals surface area contributed by atoms with E-state index in [0.29, 0.717) is 6.61 Å². The third-order valence-electron chi connectivity index (χ3n) is 1.83. The van der Waals surface area contributed by atoms with Crippen LogP contribution in [0.25, 0.3) is 0 Å². The average Bonchev–Trinajstić information content (AvgIpc) is 2.16. The molecule has 0 aromatic heterocycles. The number of aliphatic carboxylic acids is 1. The first kappa shape index (κ1) is 13.0. The molecule has 0 heterocycles. The van der Waals surface area contributed by atoms with Gasteiger partial charge in [0.2, 0.25) is 0 Å². The second kappa shape index (κ2) is 8.60. The van der Waals surface area contributed by atoms with E-state index >= 15 is 0 Å². The van der Waals surface area contributed by atoms with Gasteiger partial charge in [0.1, 0.15) is 0 Å². The van der Waals surface area contributed by atoms with Crippen LogP contribution in [-0.2, 0) is 9.53 Å². The first-order valence-corrected chi connectivity index (χ1v) is 5.28. The highest BCUT2D eigenvalue weighted by Gasteiger charge is 2.06. The fourth-order valence-electron chi connectivity index (χ4n) is 1.02. The minimum absolute atomic E-state index is 0.1000. The third kappa shape index (κ3) is 6.52. The molecule has 14 heavy (non-hydrogen) atoms. The highest BCUT2D eigenvalue weighted by molar-refractivity contribution is 5.84. The van der Waals surface area contributed by atoms with Gasteiger partial charge in [0.15, 0.2) is 5.76 Å². The second-order valence-corrected chi connectivity index (χ2v) is 3.22. The summed E-state index contributed by atoms with van der Waals surface area (Å²) in [6.07, 6.45) is 6.47. The molecule has 0 aromatic rings. The number of carbonyl (C=O) groups is 1. The zero-order chi connectivity index (χ0) is 10.8. The minimum Gasteiger partial charge on any atom is -0.487 e. The Bertz CT molecular complexity index is 185. The molecule has 3 heteroatoms. The highest BCUT2D eigenvalue weighted by Crippen LogP contribution is 2.04. The summed E-state index contributed by atoms with van der Waals surface area (Å²) >= 11 is 0. The number of hydrogen-bond acceptors (Lipinski definition) is 2. The number of ether oxygens (including phenoxy) is 1. The lowest BCUT2D eigenvalue weighted by Crippen LogP contribution is -2.06. The lowest BCUT2D eigenvalue weighted by atomic mass is 10.2. The number of rotatable bonds is 8. The average molecular weight is 200 g/mol. The van der Waals surface area contributed by atoms with E-state index in [2.05, 4.69) is 6.92 Å². The van der Waals surface area contributed by atoms with E-state index in [1.54, 1.807) is 6.08 Å². The Hall–Kier alpha value is -0.990. The maximum Gasteiger partial charge on any atom is 0.370 e. The van der Waals surface area contributed by atoms with Crippen LogP contribution in [0.2, 0.25) is 0 Å². The quantitative estimate of drug-likeness (QED) is 0.372. The lowest BCUT2D eigenvalue weighted by molar-refractivity contribution is -0.136. The molecule has 0 unspecified atom stereocenters. The normalized spacial score (nSPS) is 11.4. The van der Waals surface area contributed by atoms with Crippen LogP contribution in [0.4, 0.5) is 0 Å². The predicted molar refractivity (Wildman–Crippen MR) is 56.1 cm³/mol. The smallest absolute Gasteiger partial charge is 0.370 e. The molecule has 0 aromatic carbocycles. The molecule has 3 nitrogen and oxygen atoms in total. The van der Waals surface area contributed by atoms with Gasteiger partial charge in [-0.25, -0.2) is 4.79 Å². The number of hydrogen-bond donors (Lipinski definition) is 1. The Labute approximate surface area is 85.8 Å². The maximum atomic E-state index is 10.7. The van der Waals surface area contributed by atoms with E-state index in [9.17, 15) is 4.79 Å². The first-order valence-electron chi connectivity index (χ1n) is 5.28. The summed E-state index contributed by atoms with van der Waals surface area (Å²) in [4.78, 5) is 10.7. The van der Waals surface area contributed by atoms with E-state index in [1.165, 1.54) is 0 Å². The number of unbranched alkanes of at least 4 members (excludes halogenated alkanes) is 3. The fraction of sp³-hybridized carbons (Fsp3) is 0.727. The van der Waals surface area contributed by atoms with E-state index < -0.39 is 5.97 Å². The van der Waals surface area contributed by atoms with Crippen molar-refractivity contribution in [2.75, 3.05) is 6.61 Å². The van der Waals surface area contributed by atoms with Crippen LogP contribution in [0, 0.1) is 0 Å². The van der Waals surface area contributed by atoms with Gasteiger partial charge in [-0.1, -0.05) is 33.1 Å². The lowest BCUT2D eigenvalue weighted by Gasteiger charge is -2.05. The molecule has 0 aliphatic rings. The van der Waals surface area contributed by atoms with Crippen molar-refractivity contribution >= 4 is 5.97 Å². The predicted octanol–water partition coefficient (Wildman–Crippen LogP) is 2.96. The molecule has 0 bridgehead atoms. The molecular formula is C11H20O3. The molecule has 0 saturated heterocycles. The van der Waals surface area contributed by atoms with E-state index in [0.717, 1.165) is 32.1 Å². The fourth-order valence-corrected chi connectivity index (χ4v) is 1.02. The zero-order valence-electron chi connectivity index (χ0n) is 9.08. The molecule has 0 spiro atoms. The summed E-state index contributed by atoms with van der Waals surface area (Å²) < 4.78 is 5.17. The van der Waals surface area contributed by atoms with Crippen molar-refractivity contribution in [2.24, 2.45) is 0 Å². The van der Waals surface area contributed by atoms with Gasteiger partial charge >= 0.3 is 5.97 Å². The molecule has 0 aliphatic carbocycles. The Morgan fingerprint density at radius 1 is 1.29 bits per heavy atom. The molecular weight excluding hydrogens is 180 g/mol. The Kier molecular flexibility index (Phi) is 7.99. The van der Waals surface area contributed by atoms with E-state index in [1.807, 2.05) is 6.92 Å². The standard InChI is InChI=1S/C11H20O3/c1-3-5-7-9-14-10(11(12)13)8-6-4-2/h8H,3-7,9H2,1-2H3,(H,12,13). The number of carboxylic acids is 1. The van der Waals surface area contributed by atoms with Crippen molar-refractivity contribution in [1.82, 2.24) is 0 Å². The summed E-state index contributed by atoms with van der Waals surface area (Å²) in [6.45, 7) is 4.62. The summed E-state index contributed by atoms with van der Waals surface area (Å²) in [7, 11) is 0. The van der Waals surface area contributed by atoms with Crippen molar-refractivity contribution in [2.45, 2.75) is 46.0 Å². The summed E-state index contributed by atoms with van der Waals surface area (Å²) in [5.74, 6) is -0.863. The summed E-state index contributed by atoms with van der Waals surface area (Å²) in [5, 5.41) is 8.76. The number of allylic oxidation sites excluding steroid dienone is 1. The highest BCUT2D eigenvalue weighted by atomic mass is 16.5. The van der Waals surface area contributed by atoms with Crippen LogP contribution >= 0.6 is 0 Å². The Morgan fingerprint density at radius 3 is 2.50 bits per heavy atom. The molecule has 0 amide bonds. The van der Waals surface area contributed by atoms with Crippen LogP contribution in [-0.4, -0.2) is 17.7 Å². The van der Waals surface area contributed by atoms with Crippen LogP contribution in [0.5, 0.6) is 0 Å². The van der Waals surface area contributed by atoms with Gasteiger partial charge in [0.05, 0.1) is 6.61 Å². The van der Waals surface area contributed by atoms with Crippen molar-refractivity contribution < 1.29 is 14.6 Å². The molecule has 0 radical (unpaired) electrons. The van der Waals surface area contributed by atoms with Crippen molar-refractivity contribution in [3.8, 4) is 0 Å². The molecule has 82 valence electrons. The van der Waals surface area contributed by atoms with Crippen LogP contribution in [0.1, 0.15) is 46.0 Å². The van der Waals surface area contributed by atoms with E-state index in [-0.39, 0.29) is 5.76 Å². The molecule has 0 fully saturated rings. The zero-order valence-corrected chi connectivity index (χ0v) is 9.08. The molecule has 0 saturated carbocycles. The van der Waals surface area contributed by atoms with Gasteiger partial charge in [0.25, 0.3) is 0 Å². The monoisotopic (exact) mass is 200 g/mol. The SMILES string of the molecule is CCCC=C(OCCCCC)C(=O)O. The topological polar surface area (TPSA) is 46.5 Å². The van der Waals surface area contributed by atoms with Crippen molar-refractivity contribution in [3.05, 3.63) is 11.8 Å². The molecule has 0 atom stereocenters. The van der Waals surface area contributed by atoms with Crippen molar-refractivity contribution in [3.63, 3.8) is 0 Å². The van der Waals surface area contributed by atoms with Crippen LogP contribution in [0.3, 0.4) is 0 Å². The Morgan fingerprint density at radius 2 is 2.00 bits per heavy atom. The molecule has 1 N–H and O–H groups in total. The number of carboxylic acid groups (broad SMARTS) is 1. The maximum absolute atomic E-state index is 10.7. The Balaban J connectivity index is 3.80. The molecule has 0 aliphatic heterocycles. The van der Waals surface area contributed by atoms with Gasteiger partial charge in [-0.2, -0.15) is 0 Å².